The molecule has 0 aliphatic rings. The first kappa shape index (κ1) is 13.1. The summed E-state index contributed by atoms with van der Waals surface area (Å²) in [6, 6.07) is 7.86. The molecule has 2 N–H and O–H groups in total. The topological polar surface area (TPSA) is 52.3 Å². The smallest absolute Gasteiger partial charge is 0.350 e. The summed E-state index contributed by atoms with van der Waals surface area (Å²) in [6.45, 7) is 2.02. The van der Waals surface area contributed by atoms with Crippen LogP contribution in [0, 0.1) is 6.92 Å². The highest BCUT2D eigenvalue weighted by molar-refractivity contribution is 9.10. The van der Waals surface area contributed by atoms with Crippen LogP contribution in [0.2, 0.25) is 0 Å². The van der Waals surface area contributed by atoms with Gasteiger partial charge in [0.1, 0.15) is 4.88 Å². The number of benzene rings is 1. The summed E-state index contributed by atoms with van der Waals surface area (Å²) in [5, 5.41) is 0. The van der Waals surface area contributed by atoms with Crippen LogP contribution in [-0.2, 0) is 4.74 Å². The molecule has 1 aromatic heterocycles. The number of hydrogen-bond acceptors (Lipinski definition) is 4. The molecule has 18 heavy (non-hydrogen) atoms. The Balaban J connectivity index is 2.52. The minimum Gasteiger partial charge on any atom is -0.465 e. The number of rotatable bonds is 2. The van der Waals surface area contributed by atoms with Gasteiger partial charge in [-0.05, 0) is 25.1 Å². The van der Waals surface area contributed by atoms with Gasteiger partial charge in [-0.3, -0.25) is 0 Å². The van der Waals surface area contributed by atoms with Crippen molar-refractivity contribution in [1.82, 2.24) is 0 Å². The third-order valence-corrected chi connectivity index (χ3v) is 4.37. The second-order valence-corrected chi connectivity index (χ2v) is 5.78. The number of hydrogen-bond donors (Lipinski definition) is 1. The number of methoxy groups -OCH3 is 1. The van der Waals surface area contributed by atoms with E-state index in [0.29, 0.717) is 10.6 Å². The van der Waals surface area contributed by atoms with Gasteiger partial charge in [-0.25, -0.2) is 4.79 Å². The molecule has 0 radical (unpaired) electrons. The maximum atomic E-state index is 11.5. The maximum Gasteiger partial charge on any atom is 0.350 e. The first-order chi connectivity index (χ1) is 8.52. The lowest BCUT2D eigenvalue weighted by molar-refractivity contribution is 0.0607. The quantitative estimate of drug-likeness (QED) is 0.853. The van der Waals surface area contributed by atoms with Crippen LogP contribution in [0.3, 0.4) is 0 Å². The molecule has 3 nitrogen and oxygen atoms in total. The van der Waals surface area contributed by atoms with Crippen molar-refractivity contribution in [2.75, 3.05) is 12.8 Å². The number of halogens is 1. The zero-order valence-corrected chi connectivity index (χ0v) is 12.4. The average Bonchev–Trinajstić information content (AvgIpc) is 2.73. The molecule has 1 heterocycles. The summed E-state index contributed by atoms with van der Waals surface area (Å²) in [5.41, 5.74) is 8.47. The second kappa shape index (κ2) is 5.12. The first-order valence-corrected chi connectivity index (χ1v) is 6.88. The zero-order chi connectivity index (χ0) is 13.3. The first-order valence-electron chi connectivity index (χ1n) is 5.27. The maximum absolute atomic E-state index is 11.5. The van der Waals surface area contributed by atoms with Crippen molar-refractivity contribution in [2.24, 2.45) is 0 Å². The van der Waals surface area contributed by atoms with E-state index in [2.05, 4.69) is 22.0 Å². The van der Waals surface area contributed by atoms with Gasteiger partial charge in [-0.1, -0.05) is 27.6 Å². The molecule has 0 atom stereocenters. The Morgan fingerprint density at radius 2 is 2.11 bits per heavy atom. The summed E-state index contributed by atoms with van der Waals surface area (Å²) in [6.07, 6.45) is 0. The highest BCUT2D eigenvalue weighted by atomic mass is 79.9. The third kappa shape index (κ3) is 2.42. The van der Waals surface area contributed by atoms with E-state index in [1.54, 1.807) is 6.07 Å². The van der Waals surface area contributed by atoms with Crippen LogP contribution in [0.15, 0.2) is 28.7 Å². The van der Waals surface area contributed by atoms with Gasteiger partial charge in [-0.15, -0.1) is 11.3 Å². The molecule has 0 aliphatic carbocycles. The van der Waals surface area contributed by atoms with E-state index in [1.165, 1.54) is 18.4 Å². The van der Waals surface area contributed by atoms with Gasteiger partial charge in [0.05, 0.1) is 12.8 Å². The van der Waals surface area contributed by atoms with Crippen molar-refractivity contribution in [3.63, 3.8) is 0 Å². The molecule has 5 heteroatoms. The molecule has 0 amide bonds. The summed E-state index contributed by atoms with van der Waals surface area (Å²) >= 11 is 4.84. The lowest BCUT2D eigenvalue weighted by atomic mass is 10.1. The Morgan fingerprint density at radius 3 is 2.78 bits per heavy atom. The number of carbonyl (C=O) groups is 1. The molecular weight excluding hydrogens is 314 g/mol. The van der Waals surface area contributed by atoms with Crippen molar-refractivity contribution < 1.29 is 9.53 Å². The van der Waals surface area contributed by atoms with Gasteiger partial charge in [0.25, 0.3) is 0 Å². The Bertz CT molecular complexity index is 607. The molecule has 0 fully saturated rings. The molecule has 1 aromatic carbocycles. The van der Waals surface area contributed by atoms with Crippen molar-refractivity contribution in [3.8, 4) is 10.4 Å². The molecule has 0 saturated carbocycles. The highest BCUT2D eigenvalue weighted by Gasteiger charge is 2.16. The summed E-state index contributed by atoms with van der Waals surface area (Å²) < 4.78 is 5.68. The second-order valence-electron chi connectivity index (χ2n) is 3.87. The normalized spacial score (nSPS) is 10.4. The highest BCUT2D eigenvalue weighted by Crippen LogP contribution is 2.37. The Hall–Kier alpha value is -1.33. The molecule has 0 saturated heterocycles. The average molecular weight is 326 g/mol. The van der Waals surface area contributed by atoms with Gasteiger partial charge in [-0.2, -0.15) is 0 Å². The number of carbonyl (C=O) groups excluding carboxylic acids is 1. The van der Waals surface area contributed by atoms with E-state index < -0.39 is 5.97 Å². The lowest BCUT2D eigenvalue weighted by Gasteiger charge is -2.02. The van der Waals surface area contributed by atoms with E-state index in [9.17, 15) is 4.79 Å². The summed E-state index contributed by atoms with van der Waals surface area (Å²) in [7, 11) is 1.35. The van der Waals surface area contributed by atoms with E-state index in [4.69, 9.17) is 10.5 Å². The molecule has 0 spiro atoms. The number of ether oxygens (including phenoxy) is 1. The van der Waals surface area contributed by atoms with E-state index in [1.807, 2.05) is 19.1 Å². The fraction of sp³-hybridized carbons (Fsp3) is 0.154. The fourth-order valence-electron chi connectivity index (χ4n) is 1.62. The van der Waals surface area contributed by atoms with E-state index in [0.717, 1.165) is 20.5 Å². The zero-order valence-electron chi connectivity index (χ0n) is 9.99. The van der Waals surface area contributed by atoms with Crippen LogP contribution in [0.25, 0.3) is 10.4 Å². The largest absolute Gasteiger partial charge is 0.465 e. The Kier molecular flexibility index (Phi) is 3.73. The van der Waals surface area contributed by atoms with Gasteiger partial charge in [0, 0.05) is 14.9 Å². The number of nitrogen functional groups attached to an aromatic ring is 1. The van der Waals surface area contributed by atoms with Crippen LogP contribution in [0.1, 0.15) is 15.2 Å². The fourth-order valence-corrected chi connectivity index (χ4v) is 3.24. The van der Waals surface area contributed by atoms with E-state index in [-0.39, 0.29) is 0 Å². The van der Waals surface area contributed by atoms with Crippen LogP contribution in [0.5, 0.6) is 0 Å². The third-order valence-electron chi connectivity index (χ3n) is 2.52. The predicted molar refractivity (Wildman–Crippen MR) is 77.9 cm³/mol. The van der Waals surface area contributed by atoms with Crippen molar-refractivity contribution >= 4 is 38.9 Å². The van der Waals surface area contributed by atoms with E-state index >= 15 is 0 Å². The Labute approximate surface area is 118 Å². The number of nitrogens with two attached hydrogens (primary N) is 1. The predicted octanol–water partition coefficient (Wildman–Crippen LogP) is 3.85. The number of aryl methyl sites for hydroxylation is 1. The molecular formula is C13H12BrNO2S. The van der Waals surface area contributed by atoms with Crippen molar-refractivity contribution in [3.05, 3.63) is 39.2 Å². The Morgan fingerprint density at radius 1 is 1.39 bits per heavy atom. The SMILES string of the molecule is COC(=O)c1sc(-c2cc(C)ccc2Br)cc1N. The van der Waals surface area contributed by atoms with Gasteiger partial charge >= 0.3 is 5.97 Å². The van der Waals surface area contributed by atoms with Crippen LogP contribution >= 0.6 is 27.3 Å². The van der Waals surface area contributed by atoms with Crippen molar-refractivity contribution in [1.29, 1.82) is 0 Å². The van der Waals surface area contributed by atoms with Gasteiger partial charge < -0.3 is 10.5 Å². The lowest BCUT2D eigenvalue weighted by Crippen LogP contribution is -2.00. The minimum atomic E-state index is -0.396. The standard InChI is InChI=1S/C13H12BrNO2S/c1-7-3-4-9(14)8(5-7)11-6-10(15)12(18-11)13(16)17-2/h3-6H,15H2,1-2H3. The van der Waals surface area contributed by atoms with Gasteiger partial charge in [0.2, 0.25) is 0 Å². The summed E-state index contributed by atoms with van der Waals surface area (Å²) in [4.78, 5) is 12.9. The number of esters is 1. The molecule has 0 aliphatic heterocycles. The molecule has 2 rings (SSSR count). The summed E-state index contributed by atoms with van der Waals surface area (Å²) in [5.74, 6) is -0.396. The van der Waals surface area contributed by atoms with Crippen LogP contribution in [0.4, 0.5) is 5.69 Å². The molecule has 0 bridgehead atoms. The number of thiophene rings is 1. The van der Waals surface area contributed by atoms with Crippen LogP contribution < -0.4 is 5.73 Å². The molecule has 94 valence electrons. The van der Waals surface area contributed by atoms with Gasteiger partial charge in [0.15, 0.2) is 0 Å². The van der Waals surface area contributed by atoms with Crippen molar-refractivity contribution in [2.45, 2.75) is 6.92 Å². The monoisotopic (exact) mass is 325 g/mol. The molecule has 0 unspecified atom stereocenters. The van der Waals surface area contributed by atoms with Crippen LogP contribution in [-0.4, -0.2) is 13.1 Å². The minimum absolute atomic E-state index is 0.396. The number of anilines is 1. The molecule has 2 aromatic rings.